The van der Waals surface area contributed by atoms with E-state index in [2.05, 4.69) is 4.98 Å². The lowest BCUT2D eigenvalue weighted by atomic mass is 9.61. The minimum absolute atomic E-state index is 0.0652. The zero-order valence-corrected chi connectivity index (χ0v) is 19.6. The molecule has 6 rings (SSSR count). The van der Waals surface area contributed by atoms with Gasteiger partial charge in [-0.25, -0.2) is 4.98 Å². The number of furan rings is 1. The van der Waals surface area contributed by atoms with E-state index in [9.17, 15) is 24.6 Å². The van der Waals surface area contributed by atoms with E-state index in [0.717, 1.165) is 11.3 Å². The summed E-state index contributed by atoms with van der Waals surface area (Å²) in [5, 5.41) is 22.3. The summed E-state index contributed by atoms with van der Waals surface area (Å²) < 4.78 is 11.4. The van der Waals surface area contributed by atoms with Crippen LogP contribution in [0, 0.1) is 17.8 Å². The number of nitrogens with zero attached hydrogens (tertiary/aromatic N) is 2. The Morgan fingerprint density at radius 1 is 1.22 bits per heavy atom. The Morgan fingerprint density at radius 3 is 2.67 bits per heavy atom. The van der Waals surface area contributed by atoms with Crippen molar-refractivity contribution in [3.63, 3.8) is 0 Å². The number of hydrogen-bond donors (Lipinski definition) is 3. The molecule has 2 heterocycles. The third-order valence-corrected chi connectivity index (χ3v) is 7.46. The summed E-state index contributed by atoms with van der Waals surface area (Å²) in [7, 11) is 3.75. The fourth-order valence-electron chi connectivity index (χ4n) is 5.98. The van der Waals surface area contributed by atoms with Crippen molar-refractivity contribution >= 4 is 40.0 Å². The molecule has 0 saturated heterocycles. The molecule has 3 atom stereocenters. The number of anilines is 1. The van der Waals surface area contributed by atoms with Gasteiger partial charge in [-0.2, -0.15) is 0 Å². The summed E-state index contributed by atoms with van der Waals surface area (Å²) in [6, 6.07) is 5.29. The Morgan fingerprint density at radius 2 is 2.00 bits per heavy atom. The molecule has 1 fully saturated rings. The fourth-order valence-corrected chi connectivity index (χ4v) is 5.98. The van der Waals surface area contributed by atoms with Gasteiger partial charge in [0.05, 0.1) is 17.7 Å². The van der Waals surface area contributed by atoms with Gasteiger partial charge >= 0.3 is 0 Å². The molecule has 0 radical (unpaired) electrons. The maximum absolute atomic E-state index is 13.7. The minimum Gasteiger partial charge on any atom is -0.511 e. The van der Waals surface area contributed by atoms with Crippen molar-refractivity contribution < 1.29 is 33.4 Å². The lowest BCUT2D eigenvalue weighted by Crippen LogP contribution is -2.44. The molecule has 0 aliphatic heterocycles. The van der Waals surface area contributed by atoms with Gasteiger partial charge in [0.1, 0.15) is 22.6 Å². The zero-order chi connectivity index (χ0) is 25.5. The highest BCUT2D eigenvalue weighted by Crippen LogP contribution is 2.51. The smallest absolute Gasteiger partial charge is 0.263 e. The third kappa shape index (κ3) is 2.96. The van der Waals surface area contributed by atoms with E-state index < -0.39 is 40.6 Å². The van der Waals surface area contributed by atoms with E-state index in [4.69, 9.17) is 14.6 Å². The molecule has 0 spiro atoms. The number of oxazole rings is 1. The first-order chi connectivity index (χ1) is 17.2. The van der Waals surface area contributed by atoms with Gasteiger partial charge in [-0.1, -0.05) is 0 Å². The molecular weight excluding hydrogens is 466 g/mol. The molecule has 1 aromatic carbocycles. The van der Waals surface area contributed by atoms with Crippen LogP contribution in [0.5, 0.6) is 0 Å². The lowest BCUT2D eigenvalue weighted by molar-refractivity contribution is -0.127. The van der Waals surface area contributed by atoms with Crippen molar-refractivity contribution in [2.75, 3.05) is 19.0 Å². The molecule has 3 aliphatic carbocycles. The quantitative estimate of drug-likeness (QED) is 0.470. The van der Waals surface area contributed by atoms with Crippen molar-refractivity contribution in [1.29, 1.82) is 0 Å². The zero-order valence-electron chi connectivity index (χ0n) is 19.6. The van der Waals surface area contributed by atoms with Crippen LogP contribution in [-0.4, -0.2) is 46.8 Å². The summed E-state index contributed by atoms with van der Waals surface area (Å²) in [6.45, 7) is 0. The number of carbonyl (C=O) groups is 3. The highest BCUT2D eigenvalue weighted by molar-refractivity contribution is 6.21. The molecule has 2 aromatic heterocycles. The average Bonchev–Trinajstić information content (AvgIpc) is 3.47. The first-order valence-corrected chi connectivity index (χ1v) is 11.6. The monoisotopic (exact) mass is 489 g/mol. The average molecular weight is 489 g/mol. The molecule has 3 aromatic rings. The Balaban J connectivity index is 1.57. The Kier molecular flexibility index (Phi) is 4.66. The molecule has 1 amide bonds. The maximum Gasteiger partial charge on any atom is 0.263 e. The number of aliphatic hydroxyl groups is 2. The molecule has 0 bridgehead atoms. The van der Waals surface area contributed by atoms with E-state index >= 15 is 0 Å². The molecule has 4 N–H and O–H groups in total. The Bertz CT molecular complexity index is 1540. The van der Waals surface area contributed by atoms with E-state index in [0.29, 0.717) is 35.3 Å². The van der Waals surface area contributed by atoms with Crippen LogP contribution in [0.4, 0.5) is 5.69 Å². The second kappa shape index (κ2) is 7.58. The van der Waals surface area contributed by atoms with Crippen LogP contribution in [0.15, 0.2) is 50.2 Å². The van der Waals surface area contributed by atoms with Crippen LogP contribution in [0.3, 0.4) is 0 Å². The number of allylic oxidation sites excluding steroid dienone is 2. The van der Waals surface area contributed by atoms with Crippen molar-refractivity contribution in [2.24, 2.45) is 23.5 Å². The fraction of sp³-hybridized carbons (Fsp3) is 0.308. The van der Waals surface area contributed by atoms with Crippen LogP contribution < -0.4 is 10.6 Å². The summed E-state index contributed by atoms with van der Waals surface area (Å²) in [4.78, 5) is 44.4. The second-order valence-electron chi connectivity index (χ2n) is 9.74. The summed E-state index contributed by atoms with van der Waals surface area (Å²) in [6.07, 6.45) is 2.24. The van der Waals surface area contributed by atoms with Gasteiger partial charge in [-0.05, 0) is 48.4 Å². The van der Waals surface area contributed by atoms with Crippen LogP contribution in [-0.2, 0) is 20.8 Å². The van der Waals surface area contributed by atoms with Crippen molar-refractivity contribution in [3.8, 4) is 11.7 Å². The number of rotatable bonds is 3. The van der Waals surface area contributed by atoms with Gasteiger partial charge in [0, 0.05) is 31.8 Å². The molecule has 36 heavy (non-hydrogen) atoms. The molecule has 3 aliphatic rings. The highest BCUT2D eigenvalue weighted by Gasteiger charge is 2.51. The van der Waals surface area contributed by atoms with Crippen LogP contribution in [0.1, 0.15) is 24.0 Å². The van der Waals surface area contributed by atoms with Gasteiger partial charge in [0.25, 0.3) is 11.8 Å². The molecule has 10 heteroatoms. The second-order valence-corrected chi connectivity index (χ2v) is 9.74. The van der Waals surface area contributed by atoms with E-state index in [1.54, 1.807) is 12.1 Å². The number of amides is 1. The number of Topliss-reactive ketones (excluding diaryl/α,β-unsaturated/α-hetero) is 2. The number of nitrogens with two attached hydrogens (primary N) is 1. The lowest BCUT2D eigenvalue weighted by Gasteiger charge is -2.41. The van der Waals surface area contributed by atoms with Gasteiger partial charge in [0.15, 0.2) is 22.9 Å². The number of hydrogen-bond acceptors (Lipinski definition) is 9. The molecule has 10 nitrogen and oxygen atoms in total. The predicted molar refractivity (Wildman–Crippen MR) is 128 cm³/mol. The molecule has 3 unspecified atom stereocenters. The number of carbonyl (C=O) groups excluding carboxylic acids is 3. The highest BCUT2D eigenvalue weighted by atomic mass is 16.4. The van der Waals surface area contributed by atoms with Gasteiger partial charge in [-0.3, -0.25) is 14.4 Å². The summed E-state index contributed by atoms with van der Waals surface area (Å²) in [5.74, 6) is -4.31. The van der Waals surface area contributed by atoms with E-state index in [-0.39, 0.29) is 29.6 Å². The number of fused-ring (bicyclic) bond motifs is 5. The Hall–Kier alpha value is -4.34. The Labute approximate surface area is 204 Å². The van der Waals surface area contributed by atoms with Gasteiger partial charge < -0.3 is 29.7 Å². The number of aliphatic hydroxyl groups excluding tert-OH is 2. The van der Waals surface area contributed by atoms with Crippen molar-refractivity contribution in [2.45, 2.75) is 19.3 Å². The largest absolute Gasteiger partial charge is 0.511 e. The summed E-state index contributed by atoms with van der Waals surface area (Å²) >= 11 is 0. The van der Waals surface area contributed by atoms with E-state index in [1.807, 2.05) is 25.1 Å². The maximum atomic E-state index is 13.7. The van der Waals surface area contributed by atoms with E-state index in [1.165, 1.54) is 6.26 Å². The van der Waals surface area contributed by atoms with Gasteiger partial charge in [-0.15, -0.1) is 0 Å². The van der Waals surface area contributed by atoms with Crippen LogP contribution >= 0.6 is 0 Å². The topological polar surface area (TPSA) is 160 Å². The minimum atomic E-state index is -1.11. The SMILES string of the molecule is CN(C)c1cc2nc(-c3ccco3)oc2c2c1CC1CC3CC(=O)C(C(N)=O)=C(O)C3C(=O)C1=C2O. The van der Waals surface area contributed by atoms with Crippen molar-refractivity contribution in [1.82, 2.24) is 4.98 Å². The molecule has 184 valence electrons. The van der Waals surface area contributed by atoms with Crippen LogP contribution in [0.25, 0.3) is 28.5 Å². The number of aromatic nitrogens is 1. The number of benzene rings is 1. The first-order valence-electron chi connectivity index (χ1n) is 11.6. The number of primary amides is 1. The van der Waals surface area contributed by atoms with Crippen molar-refractivity contribution in [3.05, 3.63) is 52.5 Å². The standard InChI is InChI=1S/C26H23N3O7/c1-29(2)14-9-13-24(36-26(28-13)16-4-3-5-35-16)19-12(14)7-10-6-11-8-15(30)20(25(27)34)23(33)18(11)21(31)17(10)22(19)32/h3-5,9-11,18,32-33H,6-8H2,1-2H3,(H2,27,34). The molecule has 1 saturated carbocycles. The number of ketones is 2. The van der Waals surface area contributed by atoms with Crippen LogP contribution in [0.2, 0.25) is 0 Å². The molecular formula is C26H23N3O7. The first kappa shape index (κ1) is 22.1. The summed E-state index contributed by atoms with van der Waals surface area (Å²) in [5.41, 5.74) is 7.71. The third-order valence-electron chi connectivity index (χ3n) is 7.46. The predicted octanol–water partition coefficient (Wildman–Crippen LogP) is 3.07. The normalized spacial score (nSPS) is 23.6. The van der Waals surface area contributed by atoms with Gasteiger partial charge in [0.2, 0.25) is 0 Å².